The van der Waals surface area contributed by atoms with Crippen LogP contribution in [0.3, 0.4) is 0 Å². The normalized spacial score (nSPS) is 11.2. The van der Waals surface area contributed by atoms with Crippen molar-refractivity contribution in [2.75, 3.05) is 19.1 Å². The Morgan fingerprint density at radius 1 is 1.00 bits per heavy atom. The maximum absolute atomic E-state index is 13.8. The van der Waals surface area contributed by atoms with Gasteiger partial charge in [-0.3, -0.25) is 9.59 Å². The van der Waals surface area contributed by atoms with Gasteiger partial charge in [0.1, 0.15) is 11.3 Å². The first-order valence-electron chi connectivity index (χ1n) is 10.6. The van der Waals surface area contributed by atoms with Gasteiger partial charge in [-0.25, -0.2) is 0 Å². The van der Waals surface area contributed by atoms with E-state index in [4.69, 9.17) is 16.3 Å². The first kappa shape index (κ1) is 21.7. The van der Waals surface area contributed by atoms with Crippen molar-refractivity contribution in [1.29, 1.82) is 0 Å². The van der Waals surface area contributed by atoms with E-state index in [0.29, 0.717) is 33.0 Å². The second-order valence-electron chi connectivity index (χ2n) is 7.88. The zero-order chi connectivity index (χ0) is 24.0. The molecule has 0 saturated carbocycles. The minimum absolute atomic E-state index is 0.157. The van der Waals surface area contributed by atoms with Crippen LogP contribution in [0.4, 0.5) is 5.69 Å². The smallest absolute Gasteiger partial charge is 0.296 e. The van der Waals surface area contributed by atoms with Crippen LogP contribution in [0, 0.1) is 0 Å². The van der Waals surface area contributed by atoms with E-state index in [0.717, 1.165) is 10.9 Å². The molecule has 0 N–H and O–H groups in total. The summed E-state index contributed by atoms with van der Waals surface area (Å²) in [6, 6.07) is 21.6. The van der Waals surface area contributed by atoms with Crippen LogP contribution < -0.4 is 15.2 Å². The first-order valence-corrected chi connectivity index (χ1v) is 11.0. The number of halogens is 1. The Morgan fingerprint density at radius 2 is 1.68 bits per heavy atom. The highest BCUT2D eigenvalue weighted by Gasteiger charge is 2.26. The Bertz CT molecular complexity index is 1620. The van der Waals surface area contributed by atoms with Crippen LogP contribution in [-0.2, 0) is 7.05 Å². The molecule has 3 aromatic carbocycles. The molecule has 7 nitrogen and oxygen atoms in total. The van der Waals surface area contributed by atoms with E-state index in [9.17, 15) is 9.59 Å². The molecular weight excluding hydrogens is 452 g/mol. The molecule has 170 valence electrons. The fourth-order valence-electron chi connectivity index (χ4n) is 4.22. The van der Waals surface area contributed by atoms with E-state index in [1.165, 1.54) is 9.58 Å². The maximum Gasteiger partial charge on any atom is 0.296 e. The van der Waals surface area contributed by atoms with Crippen molar-refractivity contribution in [3.05, 3.63) is 93.9 Å². The molecule has 0 spiro atoms. The fraction of sp³-hybridized carbons (Fsp3) is 0.115. The van der Waals surface area contributed by atoms with E-state index in [2.05, 4.69) is 5.10 Å². The molecule has 0 aliphatic rings. The SMILES string of the molecule is COc1ccc(-n2nc(C(=O)N(C)c3ccccc3Cl)c3c4ccccc4n(C)c3c2=O)cc1. The minimum atomic E-state index is -0.378. The summed E-state index contributed by atoms with van der Waals surface area (Å²) in [6.45, 7) is 0. The van der Waals surface area contributed by atoms with E-state index in [1.807, 2.05) is 37.4 Å². The number of benzene rings is 3. The van der Waals surface area contributed by atoms with Crippen LogP contribution in [0.25, 0.3) is 27.5 Å². The summed E-state index contributed by atoms with van der Waals surface area (Å²) in [7, 11) is 5.03. The maximum atomic E-state index is 13.8. The Labute approximate surface area is 200 Å². The van der Waals surface area contributed by atoms with Crippen molar-refractivity contribution in [3.63, 3.8) is 0 Å². The molecule has 0 unspecified atom stereocenters. The van der Waals surface area contributed by atoms with Gasteiger partial charge >= 0.3 is 0 Å². The molecule has 0 aliphatic carbocycles. The number of methoxy groups -OCH3 is 1. The predicted molar refractivity (Wildman–Crippen MR) is 135 cm³/mol. The summed E-state index contributed by atoms with van der Waals surface area (Å²) in [4.78, 5) is 28.9. The van der Waals surface area contributed by atoms with Gasteiger partial charge in [-0.1, -0.05) is 41.9 Å². The number of aromatic nitrogens is 3. The number of hydrogen-bond acceptors (Lipinski definition) is 4. The number of carbonyl (C=O) groups excluding carboxylic acids is 1. The summed E-state index contributed by atoms with van der Waals surface area (Å²) in [6.07, 6.45) is 0. The molecule has 0 fully saturated rings. The summed E-state index contributed by atoms with van der Waals surface area (Å²) >= 11 is 6.36. The van der Waals surface area contributed by atoms with Gasteiger partial charge in [0.2, 0.25) is 0 Å². The number of para-hydroxylation sites is 2. The monoisotopic (exact) mass is 472 g/mol. The van der Waals surface area contributed by atoms with Crippen molar-refractivity contribution in [2.45, 2.75) is 0 Å². The van der Waals surface area contributed by atoms with Crippen molar-refractivity contribution in [2.24, 2.45) is 7.05 Å². The van der Waals surface area contributed by atoms with Crippen LogP contribution in [-0.4, -0.2) is 34.4 Å². The Hall–Kier alpha value is -4.10. The molecule has 2 aromatic heterocycles. The van der Waals surface area contributed by atoms with Gasteiger partial charge in [-0.15, -0.1) is 0 Å². The number of ether oxygens (including phenoxy) is 1. The van der Waals surface area contributed by atoms with Gasteiger partial charge < -0.3 is 14.2 Å². The molecule has 0 radical (unpaired) electrons. The molecule has 5 aromatic rings. The standard InChI is InChI=1S/C26H21ClN4O3/c1-29-20-10-6-4-8-18(20)22-23(25(32)30(2)21-11-7-5-9-19(21)27)28-31(26(33)24(22)29)16-12-14-17(34-3)15-13-16/h4-15H,1-3H3. The van der Waals surface area contributed by atoms with Crippen molar-refractivity contribution in [3.8, 4) is 11.4 Å². The van der Waals surface area contributed by atoms with Crippen LogP contribution in [0.1, 0.15) is 10.5 Å². The van der Waals surface area contributed by atoms with E-state index in [1.54, 1.807) is 61.2 Å². The highest BCUT2D eigenvalue weighted by atomic mass is 35.5. The number of amides is 1. The van der Waals surface area contributed by atoms with Gasteiger partial charge in [0.25, 0.3) is 11.5 Å². The summed E-state index contributed by atoms with van der Waals surface area (Å²) in [5.41, 5.74) is 2.13. The zero-order valence-electron chi connectivity index (χ0n) is 18.8. The first-order chi connectivity index (χ1) is 16.4. The summed E-state index contributed by atoms with van der Waals surface area (Å²) in [5.74, 6) is 0.272. The highest BCUT2D eigenvalue weighted by molar-refractivity contribution is 6.34. The van der Waals surface area contributed by atoms with E-state index < -0.39 is 0 Å². The Balaban J connectivity index is 1.83. The van der Waals surface area contributed by atoms with Gasteiger partial charge in [-0.05, 0) is 42.5 Å². The molecule has 8 heteroatoms. The molecule has 0 aliphatic heterocycles. The molecule has 5 rings (SSSR count). The number of nitrogens with zero attached hydrogens (tertiary/aromatic N) is 4. The molecule has 0 bridgehead atoms. The third-order valence-corrected chi connectivity index (χ3v) is 6.30. The van der Waals surface area contributed by atoms with Gasteiger partial charge in [0.05, 0.1) is 23.5 Å². The van der Waals surface area contributed by atoms with Crippen molar-refractivity contribution in [1.82, 2.24) is 14.3 Å². The van der Waals surface area contributed by atoms with E-state index in [-0.39, 0.29) is 17.2 Å². The Morgan fingerprint density at radius 3 is 2.38 bits per heavy atom. The summed E-state index contributed by atoms with van der Waals surface area (Å²) < 4.78 is 8.30. The predicted octanol–water partition coefficient (Wildman–Crippen LogP) is 4.82. The molecular formula is C26H21ClN4O3. The van der Waals surface area contributed by atoms with Crippen molar-refractivity contribution < 1.29 is 9.53 Å². The second-order valence-corrected chi connectivity index (χ2v) is 8.29. The zero-order valence-corrected chi connectivity index (χ0v) is 19.6. The lowest BCUT2D eigenvalue weighted by Gasteiger charge is -2.19. The largest absolute Gasteiger partial charge is 0.497 e. The van der Waals surface area contributed by atoms with Crippen LogP contribution >= 0.6 is 11.6 Å². The topological polar surface area (TPSA) is 69.4 Å². The summed E-state index contributed by atoms with van der Waals surface area (Å²) in [5, 5.41) is 6.31. The molecule has 1 amide bonds. The lowest BCUT2D eigenvalue weighted by molar-refractivity contribution is 0.0988. The average molecular weight is 473 g/mol. The van der Waals surface area contributed by atoms with E-state index >= 15 is 0 Å². The lowest BCUT2D eigenvalue weighted by atomic mass is 10.1. The number of hydrogen-bond donors (Lipinski definition) is 0. The van der Waals surface area contributed by atoms with Crippen molar-refractivity contribution >= 4 is 45.0 Å². The molecule has 0 saturated heterocycles. The number of anilines is 1. The highest BCUT2D eigenvalue weighted by Crippen LogP contribution is 2.31. The number of fused-ring (bicyclic) bond motifs is 3. The van der Waals surface area contributed by atoms with Crippen LogP contribution in [0.15, 0.2) is 77.6 Å². The van der Waals surface area contributed by atoms with Crippen LogP contribution in [0.2, 0.25) is 5.02 Å². The van der Waals surface area contributed by atoms with Gasteiger partial charge in [0.15, 0.2) is 5.69 Å². The van der Waals surface area contributed by atoms with Gasteiger partial charge in [0, 0.05) is 30.4 Å². The second kappa shape index (κ2) is 8.35. The average Bonchev–Trinajstić information content (AvgIpc) is 3.17. The third kappa shape index (κ3) is 3.33. The number of carbonyl (C=O) groups is 1. The third-order valence-electron chi connectivity index (χ3n) is 5.98. The van der Waals surface area contributed by atoms with Gasteiger partial charge in [-0.2, -0.15) is 9.78 Å². The Kier molecular flexibility index (Phi) is 5.34. The minimum Gasteiger partial charge on any atom is -0.497 e. The number of rotatable bonds is 4. The quantitative estimate of drug-likeness (QED) is 0.376. The lowest BCUT2D eigenvalue weighted by Crippen LogP contribution is -2.32. The number of aryl methyl sites for hydroxylation is 1. The molecule has 2 heterocycles. The fourth-order valence-corrected chi connectivity index (χ4v) is 4.48. The molecule has 34 heavy (non-hydrogen) atoms. The van der Waals surface area contributed by atoms with Crippen LogP contribution in [0.5, 0.6) is 5.75 Å². The molecule has 0 atom stereocenters.